The van der Waals surface area contributed by atoms with E-state index in [1.807, 2.05) is 13.8 Å². The summed E-state index contributed by atoms with van der Waals surface area (Å²) in [5.41, 5.74) is 1.42. The van der Waals surface area contributed by atoms with E-state index < -0.39 is 5.97 Å². The predicted molar refractivity (Wildman–Crippen MR) is 61.5 cm³/mol. The Morgan fingerprint density at radius 3 is 2.82 bits per heavy atom. The summed E-state index contributed by atoms with van der Waals surface area (Å²) < 4.78 is 6.91. The van der Waals surface area contributed by atoms with Crippen LogP contribution in [0.4, 0.5) is 0 Å². The van der Waals surface area contributed by atoms with Gasteiger partial charge in [0, 0.05) is 12.7 Å². The van der Waals surface area contributed by atoms with Gasteiger partial charge in [0.05, 0.1) is 18.2 Å². The first-order valence-corrected chi connectivity index (χ1v) is 5.23. The monoisotopic (exact) mass is 235 g/mol. The standard InChI is InChI=1S/C11H13N3O3/c1-4-14-10-8(6(2)13-14)9(17-3)7(5-12-10)11(15)16/h5H,4H2,1-3H3,(H,15,16). The Morgan fingerprint density at radius 2 is 2.29 bits per heavy atom. The summed E-state index contributed by atoms with van der Waals surface area (Å²) >= 11 is 0. The van der Waals surface area contributed by atoms with Gasteiger partial charge in [0.15, 0.2) is 5.65 Å². The maximum atomic E-state index is 11.1. The summed E-state index contributed by atoms with van der Waals surface area (Å²) in [6.07, 6.45) is 1.30. The van der Waals surface area contributed by atoms with Gasteiger partial charge in [0.1, 0.15) is 11.3 Å². The molecule has 0 fully saturated rings. The number of hydrogen-bond acceptors (Lipinski definition) is 4. The molecule has 17 heavy (non-hydrogen) atoms. The minimum Gasteiger partial charge on any atom is -0.495 e. The molecule has 0 aromatic carbocycles. The number of fused-ring (bicyclic) bond motifs is 1. The Kier molecular flexibility index (Phi) is 2.71. The molecular formula is C11H13N3O3. The molecule has 6 nitrogen and oxygen atoms in total. The molecule has 0 saturated heterocycles. The van der Waals surface area contributed by atoms with Gasteiger partial charge in [0.25, 0.3) is 0 Å². The lowest BCUT2D eigenvalue weighted by atomic mass is 10.2. The summed E-state index contributed by atoms with van der Waals surface area (Å²) in [5, 5.41) is 14.0. The van der Waals surface area contributed by atoms with Crippen LogP contribution in [-0.4, -0.2) is 33.0 Å². The fraction of sp³-hybridized carbons (Fsp3) is 0.364. The van der Waals surface area contributed by atoms with Crippen LogP contribution in [0.2, 0.25) is 0 Å². The lowest BCUT2D eigenvalue weighted by Gasteiger charge is -2.06. The molecule has 0 unspecified atom stereocenters. The van der Waals surface area contributed by atoms with Crippen molar-refractivity contribution in [3.05, 3.63) is 17.5 Å². The minimum atomic E-state index is -1.06. The molecule has 0 bridgehead atoms. The number of carboxylic acids is 1. The summed E-state index contributed by atoms with van der Waals surface area (Å²) in [5.74, 6) is -0.736. The molecular weight excluding hydrogens is 222 g/mol. The second-order valence-electron chi connectivity index (χ2n) is 3.61. The van der Waals surface area contributed by atoms with Gasteiger partial charge in [-0.3, -0.25) is 0 Å². The highest BCUT2D eigenvalue weighted by Gasteiger charge is 2.20. The topological polar surface area (TPSA) is 77.2 Å². The Labute approximate surface area is 97.8 Å². The highest BCUT2D eigenvalue weighted by atomic mass is 16.5. The summed E-state index contributed by atoms with van der Waals surface area (Å²) in [7, 11) is 1.45. The molecule has 2 heterocycles. The Bertz CT molecular complexity index is 589. The molecule has 6 heteroatoms. The van der Waals surface area contributed by atoms with Crippen LogP contribution in [0.1, 0.15) is 23.0 Å². The molecule has 0 spiro atoms. The van der Waals surface area contributed by atoms with E-state index in [2.05, 4.69) is 10.1 Å². The highest BCUT2D eigenvalue weighted by molar-refractivity contribution is 5.98. The van der Waals surface area contributed by atoms with Gasteiger partial charge in [-0.15, -0.1) is 0 Å². The van der Waals surface area contributed by atoms with Gasteiger partial charge in [-0.25, -0.2) is 14.5 Å². The number of aromatic carboxylic acids is 1. The number of aromatic nitrogens is 3. The van der Waals surface area contributed by atoms with Crippen LogP contribution < -0.4 is 4.74 Å². The van der Waals surface area contributed by atoms with Crippen LogP contribution in [0.5, 0.6) is 5.75 Å². The summed E-state index contributed by atoms with van der Waals surface area (Å²) in [4.78, 5) is 15.2. The third-order valence-corrected chi connectivity index (χ3v) is 2.62. The van der Waals surface area contributed by atoms with E-state index in [0.717, 1.165) is 0 Å². The van der Waals surface area contributed by atoms with Crippen LogP contribution in [0.15, 0.2) is 6.20 Å². The van der Waals surface area contributed by atoms with Crippen LogP contribution in [0, 0.1) is 6.92 Å². The first-order valence-electron chi connectivity index (χ1n) is 5.23. The maximum Gasteiger partial charge on any atom is 0.341 e. The average Bonchev–Trinajstić information content (AvgIpc) is 2.65. The molecule has 0 aliphatic heterocycles. The van der Waals surface area contributed by atoms with E-state index in [0.29, 0.717) is 29.0 Å². The van der Waals surface area contributed by atoms with E-state index in [4.69, 9.17) is 9.84 Å². The molecule has 2 aromatic rings. The van der Waals surface area contributed by atoms with Gasteiger partial charge in [-0.05, 0) is 13.8 Å². The van der Waals surface area contributed by atoms with E-state index in [9.17, 15) is 4.79 Å². The largest absolute Gasteiger partial charge is 0.495 e. The minimum absolute atomic E-state index is 0.0544. The molecule has 2 rings (SSSR count). The fourth-order valence-corrected chi connectivity index (χ4v) is 1.87. The van der Waals surface area contributed by atoms with Crippen molar-refractivity contribution in [3.8, 4) is 5.75 Å². The number of aryl methyl sites for hydroxylation is 2. The van der Waals surface area contributed by atoms with Crippen LogP contribution >= 0.6 is 0 Å². The van der Waals surface area contributed by atoms with Gasteiger partial charge in [-0.2, -0.15) is 5.10 Å². The second kappa shape index (κ2) is 4.04. The zero-order chi connectivity index (χ0) is 12.6. The third-order valence-electron chi connectivity index (χ3n) is 2.62. The first kappa shape index (κ1) is 11.4. The first-order chi connectivity index (χ1) is 8.10. The van der Waals surface area contributed by atoms with Crippen molar-refractivity contribution < 1.29 is 14.6 Å². The molecule has 0 aliphatic rings. The lowest BCUT2D eigenvalue weighted by Crippen LogP contribution is -2.03. The van der Waals surface area contributed by atoms with E-state index in [1.165, 1.54) is 13.3 Å². The second-order valence-corrected chi connectivity index (χ2v) is 3.61. The maximum absolute atomic E-state index is 11.1. The summed E-state index contributed by atoms with van der Waals surface area (Å²) in [6.45, 7) is 4.43. The van der Waals surface area contributed by atoms with Crippen molar-refractivity contribution in [3.63, 3.8) is 0 Å². The van der Waals surface area contributed by atoms with Crippen LogP contribution in [0.25, 0.3) is 11.0 Å². The number of methoxy groups -OCH3 is 1. The molecule has 0 radical (unpaired) electrons. The van der Waals surface area contributed by atoms with Gasteiger partial charge < -0.3 is 9.84 Å². The van der Waals surface area contributed by atoms with Gasteiger partial charge in [0.2, 0.25) is 0 Å². The van der Waals surface area contributed by atoms with Crippen molar-refractivity contribution >= 4 is 17.0 Å². The van der Waals surface area contributed by atoms with E-state index >= 15 is 0 Å². The zero-order valence-electron chi connectivity index (χ0n) is 9.89. The van der Waals surface area contributed by atoms with E-state index in [-0.39, 0.29) is 5.56 Å². The molecule has 0 aliphatic carbocycles. The van der Waals surface area contributed by atoms with Gasteiger partial charge in [-0.1, -0.05) is 0 Å². The molecule has 0 atom stereocenters. The number of pyridine rings is 1. The average molecular weight is 235 g/mol. The Balaban J connectivity index is 2.86. The highest BCUT2D eigenvalue weighted by Crippen LogP contribution is 2.30. The number of carbonyl (C=O) groups is 1. The Hall–Kier alpha value is -2.11. The van der Waals surface area contributed by atoms with Crippen molar-refractivity contribution in [2.75, 3.05) is 7.11 Å². The van der Waals surface area contributed by atoms with Crippen molar-refractivity contribution in [1.82, 2.24) is 14.8 Å². The van der Waals surface area contributed by atoms with Crippen molar-refractivity contribution in [2.45, 2.75) is 20.4 Å². The predicted octanol–water partition coefficient (Wildman–Crippen LogP) is 1.47. The molecule has 90 valence electrons. The number of carboxylic acid groups (broad SMARTS) is 1. The smallest absolute Gasteiger partial charge is 0.341 e. The number of nitrogens with zero attached hydrogens (tertiary/aromatic N) is 3. The molecule has 2 aromatic heterocycles. The number of rotatable bonds is 3. The Morgan fingerprint density at radius 1 is 1.59 bits per heavy atom. The summed E-state index contributed by atoms with van der Waals surface area (Å²) in [6, 6.07) is 0. The fourth-order valence-electron chi connectivity index (χ4n) is 1.87. The van der Waals surface area contributed by atoms with Crippen molar-refractivity contribution in [2.24, 2.45) is 0 Å². The molecule has 0 saturated carbocycles. The number of hydrogen-bond donors (Lipinski definition) is 1. The normalized spacial score (nSPS) is 10.8. The van der Waals surface area contributed by atoms with Crippen LogP contribution in [-0.2, 0) is 6.54 Å². The third kappa shape index (κ3) is 1.61. The zero-order valence-corrected chi connectivity index (χ0v) is 9.89. The van der Waals surface area contributed by atoms with Gasteiger partial charge >= 0.3 is 5.97 Å². The molecule has 0 amide bonds. The van der Waals surface area contributed by atoms with E-state index in [1.54, 1.807) is 4.68 Å². The number of ether oxygens (including phenoxy) is 1. The van der Waals surface area contributed by atoms with Crippen LogP contribution in [0.3, 0.4) is 0 Å². The quantitative estimate of drug-likeness (QED) is 0.871. The van der Waals surface area contributed by atoms with Crippen molar-refractivity contribution in [1.29, 1.82) is 0 Å². The lowest BCUT2D eigenvalue weighted by molar-refractivity contribution is 0.0693. The molecule has 1 N–H and O–H groups in total. The SMILES string of the molecule is CCn1nc(C)c2c(OC)c(C(=O)O)cnc21.